The SMILES string of the molecule is CCN1CCN(c2ccc(C(=O)/C=C/c3cccnc3)cc2F)CC1. The van der Waals surface area contributed by atoms with Crippen LogP contribution in [0.4, 0.5) is 10.1 Å². The van der Waals surface area contributed by atoms with E-state index >= 15 is 0 Å². The van der Waals surface area contributed by atoms with Crippen LogP contribution in [0.2, 0.25) is 0 Å². The van der Waals surface area contributed by atoms with Gasteiger partial charge in [0.05, 0.1) is 5.69 Å². The van der Waals surface area contributed by atoms with E-state index < -0.39 is 0 Å². The monoisotopic (exact) mass is 339 g/mol. The van der Waals surface area contributed by atoms with Crippen molar-refractivity contribution >= 4 is 17.5 Å². The fourth-order valence-corrected chi connectivity index (χ4v) is 2.96. The largest absolute Gasteiger partial charge is 0.367 e. The van der Waals surface area contributed by atoms with Crippen molar-refractivity contribution < 1.29 is 9.18 Å². The lowest BCUT2D eigenvalue weighted by molar-refractivity contribution is 0.104. The Labute approximate surface area is 147 Å². The summed E-state index contributed by atoms with van der Waals surface area (Å²) in [5.74, 6) is -0.560. The fourth-order valence-electron chi connectivity index (χ4n) is 2.96. The summed E-state index contributed by atoms with van der Waals surface area (Å²) in [6.07, 6.45) is 6.48. The lowest BCUT2D eigenvalue weighted by Gasteiger charge is -2.35. The number of aromatic nitrogens is 1. The van der Waals surface area contributed by atoms with E-state index in [1.807, 2.05) is 11.0 Å². The van der Waals surface area contributed by atoms with Gasteiger partial charge in [-0.15, -0.1) is 0 Å². The van der Waals surface area contributed by atoms with Crippen molar-refractivity contribution in [2.75, 3.05) is 37.6 Å². The Morgan fingerprint density at radius 2 is 2.04 bits per heavy atom. The molecule has 1 aromatic heterocycles. The number of allylic oxidation sites excluding steroid dienone is 1. The maximum Gasteiger partial charge on any atom is 0.185 e. The van der Waals surface area contributed by atoms with Gasteiger partial charge in [-0.1, -0.05) is 13.0 Å². The minimum Gasteiger partial charge on any atom is -0.367 e. The molecule has 5 heteroatoms. The third-order valence-corrected chi connectivity index (χ3v) is 4.50. The van der Waals surface area contributed by atoms with Crippen molar-refractivity contribution in [1.82, 2.24) is 9.88 Å². The van der Waals surface area contributed by atoms with Crippen LogP contribution in [0.5, 0.6) is 0 Å². The minimum atomic E-state index is -0.342. The second kappa shape index (κ2) is 8.03. The zero-order chi connectivity index (χ0) is 17.6. The molecule has 1 aliphatic heterocycles. The second-order valence-electron chi connectivity index (χ2n) is 6.07. The minimum absolute atomic E-state index is 0.217. The van der Waals surface area contributed by atoms with E-state index in [0.717, 1.165) is 38.3 Å². The molecule has 0 N–H and O–H groups in total. The summed E-state index contributed by atoms with van der Waals surface area (Å²) in [5, 5.41) is 0. The summed E-state index contributed by atoms with van der Waals surface area (Å²) in [5.41, 5.74) is 1.76. The van der Waals surface area contributed by atoms with E-state index in [0.29, 0.717) is 11.3 Å². The van der Waals surface area contributed by atoms with Crippen LogP contribution in [0.1, 0.15) is 22.8 Å². The highest BCUT2D eigenvalue weighted by Gasteiger charge is 2.19. The number of pyridine rings is 1. The van der Waals surface area contributed by atoms with Gasteiger partial charge in [0.15, 0.2) is 5.78 Å². The van der Waals surface area contributed by atoms with Gasteiger partial charge in [0.25, 0.3) is 0 Å². The lowest BCUT2D eigenvalue weighted by Crippen LogP contribution is -2.46. The molecular formula is C20H22FN3O. The van der Waals surface area contributed by atoms with Gasteiger partial charge in [-0.3, -0.25) is 9.78 Å². The number of benzene rings is 1. The number of likely N-dealkylation sites (N-methyl/N-ethyl adjacent to an activating group) is 1. The Bertz CT molecular complexity index is 753. The smallest absolute Gasteiger partial charge is 0.185 e. The zero-order valence-corrected chi connectivity index (χ0v) is 14.4. The van der Waals surface area contributed by atoms with Crippen LogP contribution < -0.4 is 4.90 Å². The van der Waals surface area contributed by atoms with Crippen LogP contribution in [0.25, 0.3) is 6.08 Å². The highest BCUT2D eigenvalue weighted by atomic mass is 19.1. The number of carbonyl (C=O) groups is 1. The van der Waals surface area contributed by atoms with Crippen LogP contribution in [0.3, 0.4) is 0 Å². The highest BCUT2D eigenvalue weighted by Crippen LogP contribution is 2.22. The fraction of sp³-hybridized carbons (Fsp3) is 0.300. The topological polar surface area (TPSA) is 36.4 Å². The first kappa shape index (κ1) is 17.3. The van der Waals surface area contributed by atoms with E-state index in [-0.39, 0.29) is 11.6 Å². The number of ketones is 1. The molecule has 0 radical (unpaired) electrons. The summed E-state index contributed by atoms with van der Waals surface area (Å²) < 4.78 is 14.5. The molecule has 0 saturated carbocycles. The number of halogens is 1. The number of carbonyl (C=O) groups excluding carboxylic acids is 1. The molecule has 2 heterocycles. The molecule has 0 aliphatic carbocycles. The first-order valence-corrected chi connectivity index (χ1v) is 8.56. The summed E-state index contributed by atoms with van der Waals surface area (Å²) in [6, 6.07) is 8.40. The molecule has 130 valence electrons. The van der Waals surface area contributed by atoms with Gasteiger partial charge in [0.1, 0.15) is 5.82 Å². The first-order chi connectivity index (χ1) is 12.2. The van der Waals surface area contributed by atoms with E-state index in [1.165, 1.54) is 12.1 Å². The Balaban J connectivity index is 1.69. The molecule has 0 amide bonds. The molecule has 0 spiro atoms. The van der Waals surface area contributed by atoms with Crippen molar-refractivity contribution in [2.45, 2.75) is 6.92 Å². The molecule has 25 heavy (non-hydrogen) atoms. The van der Waals surface area contributed by atoms with Crippen LogP contribution in [0, 0.1) is 5.82 Å². The summed E-state index contributed by atoms with van der Waals surface area (Å²) >= 11 is 0. The van der Waals surface area contributed by atoms with Gasteiger partial charge in [0.2, 0.25) is 0 Å². The van der Waals surface area contributed by atoms with Crippen LogP contribution >= 0.6 is 0 Å². The molecule has 0 unspecified atom stereocenters. The summed E-state index contributed by atoms with van der Waals surface area (Å²) in [7, 11) is 0. The highest BCUT2D eigenvalue weighted by molar-refractivity contribution is 6.07. The van der Waals surface area contributed by atoms with Crippen molar-refractivity contribution in [3.63, 3.8) is 0 Å². The van der Waals surface area contributed by atoms with Gasteiger partial charge >= 0.3 is 0 Å². The number of nitrogens with zero attached hydrogens (tertiary/aromatic N) is 3. The van der Waals surface area contributed by atoms with Crippen molar-refractivity contribution in [2.24, 2.45) is 0 Å². The number of rotatable bonds is 5. The van der Waals surface area contributed by atoms with Crippen LogP contribution in [-0.4, -0.2) is 48.4 Å². The van der Waals surface area contributed by atoms with Crippen molar-refractivity contribution in [3.8, 4) is 0 Å². The van der Waals surface area contributed by atoms with E-state index in [9.17, 15) is 9.18 Å². The Kier molecular flexibility index (Phi) is 5.56. The first-order valence-electron chi connectivity index (χ1n) is 8.56. The molecule has 1 aliphatic rings. The number of piperazine rings is 1. The molecule has 2 aromatic rings. The second-order valence-corrected chi connectivity index (χ2v) is 6.07. The average molecular weight is 339 g/mol. The van der Waals surface area contributed by atoms with E-state index in [2.05, 4.69) is 16.8 Å². The number of anilines is 1. The number of hydrogen-bond donors (Lipinski definition) is 0. The molecule has 1 aromatic carbocycles. The Morgan fingerprint density at radius 1 is 1.24 bits per heavy atom. The quantitative estimate of drug-likeness (QED) is 0.619. The maximum absolute atomic E-state index is 14.5. The molecule has 3 rings (SSSR count). The summed E-state index contributed by atoms with van der Waals surface area (Å²) in [6.45, 7) is 6.63. The van der Waals surface area contributed by atoms with Gasteiger partial charge in [-0.2, -0.15) is 0 Å². The van der Waals surface area contributed by atoms with Crippen LogP contribution in [0.15, 0.2) is 48.8 Å². The summed E-state index contributed by atoms with van der Waals surface area (Å²) in [4.78, 5) is 20.6. The van der Waals surface area contributed by atoms with E-state index in [1.54, 1.807) is 36.7 Å². The predicted molar refractivity (Wildman–Crippen MR) is 98.3 cm³/mol. The van der Waals surface area contributed by atoms with Crippen LogP contribution in [-0.2, 0) is 0 Å². The molecule has 0 atom stereocenters. The molecule has 4 nitrogen and oxygen atoms in total. The predicted octanol–water partition coefficient (Wildman–Crippen LogP) is 3.26. The normalized spacial score (nSPS) is 15.7. The van der Waals surface area contributed by atoms with Crippen molar-refractivity contribution in [3.05, 3.63) is 65.7 Å². The van der Waals surface area contributed by atoms with Gasteiger partial charge in [-0.25, -0.2) is 4.39 Å². The van der Waals surface area contributed by atoms with Gasteiger partial charge in [-0.05, 0) is 48.5 Å². The molecule has 1 fully saturated rings. The van der Waals surface area contributed by atoms with Gasteiger partial charge in [0, 0.05) is 44.1 Å². The lowest BCUT2D eigenvalue weighted by atomic mass is 10.1. The number of hydrogen-bond acceptors (Lipinski definition) is 4. The zero-order valence-electron chi connectivity index (χ0n) is 14.4. The standard InChI is InChI=1S/C20H22FN3O/c1-2-23-10-12-24(13-11-23)19-7-6-17(14-18(19)21)20(25)8-5-16-4-3-9-22-15-16/h3-9,14-15H,2,10-13H2,1H3/b8-5+. The average Bonchev–Trinajstić information content (AvgIpc) is 2.67. The third-order valence-electron chi connectivity index (χ3n) is 4.50. The molecule has 1 saturated heterocycles. The molecular weight excluding hydrogens is 317 g/mol. The maximum atomic E-state index is 14.5. The van der Waals surface area contributed by atoms with Crippen molar-refractivity contribution in [1.29, 1.82) is 0 Å². The Hall–Kier alpha value is -2.53. The Morgan fingerprint density at radius 3 is 2.68 bits per heavy atom. The van der Waals surface area contributed by atoms with E-state index in [4.69, 9.17) is 0 Å². The molecule has 0 bridgehead atoms. The third kappa shape index (κ3) is 4.31. The van der Waals surface area contributed by atoms with Gasteiger partial charge < -0.3 is 9.80 Å².